The van der Waals surface area contributed by atoms with Gasteiger partial charge in [-0.15, -0.1) is 0 Å². The molecular weight excluding hydrogens is 331 g/mol. The molecule has 1 aromatic rings. The average molecular weight is 351 g/mol. The molecular formula is C19H20Cl2O2. The zero-order valence-electron chi connectivity index (χ0n) is 13.5. The van der Waals surface area contributed by atoms with Gasteiger partial charge in [0.1, 0.15) is 10.6 Å². The summed E-state index contributed by atoms with van der Waals surface area (Å²) in [6.45, 7) is 6.09. The summed E-state index contributed by atoms with van der Waals surface area (Å²) in [7, 11) is 0. The molecule has 1 fully saturated rings. The Morgan fingerprint density at radius 1 is 1.30 bits per heavy atom. The second kappa shape index (κ2) is 5.99. The minimum Gasteiger partial charge on any atom is -0.457 e. The van der Waals surface area contributed by atoms with Gasteiger partial charge in [0, 0.05) is 12.0 Å². The van der Waals surface area contributed by atoms with Crippen LogP contribution < -0.4 is 0 Å². The number of rotatable bonds is 3. The maximum atomic E-state index is 12.6. The normalized spacial score (nSPS) is 29.1. The molecule has 23 heavy (non-hydrogen) atoms. The molecule has 1 aromatic carbocycles. The molecule has 0 saturated heterocycles. The molecule has 0 aliphatic heterocycles. The van der Waals surface area contributed by atoms with Crippen LogP contribution >= 0.6 is 23.2 Å². The lowest BCUT2D eigenvalue weighted by molar-refractivity contribution is -0.151. The Kier molecular flexibility index (Phi) is 4.33. The lowest BCUT2D eigenvalue weighted by atomic mass is 10.1. The Morgan fingerprint density at radius 2 is 2.00 bits per heavy atom. The van der Waals surface area contributed by atoms with E-state index in [0.29, 0.717) is 0 Å². The number of hydrogen-bond acceptors (Lipinski definition) is 2. The molecule has 0 bridgehead atoms. The lowest BCUT2D eigenvalue weighted by Crippen LogP contribution is -2.14. The van der Waals surface area contributed by atoms with Crippen molar-refractivity contribution in [2.24, 2.45) is 17.3 Å². The van der Waals surface area contributed by atoms with E-state index in [1.54, 1.807) is 6.08 Å². The van der Waals surface area contributed by atoms with Crippen molar-refractivity contribution in [3.05, 3.63) is 52.0 Å². The van der Waals surface area contributed by atoms with E-state index in [9.17, 15) is 4.79 Å². The van der Waals surface area contributed by atoms with Crippen molar-refractivity contribution in [3.8, 4) is 0 Å². The first-order valence-corrected chi connectivity index (χ1v) is 8.59. The highest BCUT2D eigenvalue weighted by Gasteiger charge is 2.62. The van der Waals surface area contributed by atoms with Crippen molar-refractivity contribution < 1.29 is 9.53 Å². The van der Waals surface area contributed by atoms with Crippen LogP contribution in [0.25, 0.3) is 5.57 Å². The van der Waals surface area contributed by atoms with Crippen molar-refractivity contribution in [3.63, 3.8) is 0 Å². The smallest absolute Gasteiger partial charge is 0.310 e. The molecule has 0 amide bonds. The predicted octanol–water partition coefficient (Wildman–Crippen LogP) is 5.67. The van der Waals surface area contributed by atoms with Crippen LogP contribution in [0, 0.1) is 17.3 Å². The average Bonchev–Trinajstić information content (AvgIpc) is 2.87. The van der Waals surface area contributed by atoms with Gasteiger partial charge in [-0.3, -0.25) is 4.79 Å². The molecule has 2 aliphatic carbocycles. The summed E-state index contributed by atoms with van der Waals surface area (Å²) in [6, 6.07) is 8.12. The van der Waals surface area contributed by atoms with Gasteiger partial charge in [-0.2, -0.15) is 0 Å². The second-order valence-electron chi connectivity index (χ2n) is 6.81. The largest absolute Gasteiger partial charge is 0.457 e. The van der Waals surface area contributed by atoms with Crippen molar-refractivity contribution in [2.45, 2.75) is 33.3 Å². The first-order valence-electron chi connectivity index (χ1n) is 7.84. The standard InChI is InChI=1S/C19H20Cl2O2/c1-4-11-9-15(13-8-6-5-7-12(11)13)23-18(22)17-14(10-16(20)21)19(17,2)3/h4-8,10,14-15,17H,9H2,1-3H3. The summed E-state index contributed by atoms with van der Waals surface area (Å²) < 4.78 is 6.06. The summed E-state index contributed by atoms with van der Waals surface area (Å²) >= 11 is 11.5. The summed E-state index contributed by atoms with van der Waals surface area (Å²) in [5.74, 6) is -0.308. The quantitative estimate of drug-likeness (QED) is 0.656. The first kappa shape index (κ1) is 16.6. The zero-order chi connectivity index (χ0) is 16.8. The maximum Gasteiger partial charge on any atom is 0.310 e. The molecule has 0 heterocycles. The predicted molar refractivity (Wildman–Crippen MR) is 94.1 cm³/mol. The molecule has 0 radical (unpaired) electrons. The maximum absolute atomic E-state index is 12.6. The van der Waals surface area contributed by atoms with E-state index < -0.39 is 0 Å². The molecule has 0 spiro atoms. The molecule has 0 N–H and O–H groups in total. The SMILES string of the molecule is CC=C1CC(OC(=O)C2C(C=C(Cl)Cl)C2(C)C)c2ccccc21. The number of hydrogen-bond donors (Lipinski definition) is 0. The van der Waals surface area contributed by atoms with E-state index in [4.69, 9.17) is 27.9 Å². The van der Waals surface area contributed by atoms with E-state index in [2.05, 4.69) is 12.1 Å². The van der Waals surface area contributed by atoms with Crippen LogP contribution in [0.5, 0.6) is 0 Å². The molecule has 2 aliphatic rings. The Bertz CT molecular complexity index is 699. The van der Waals surface area contributed by atoms with Gasteiger partial charge in [-0.25, -0.2) is 0 Å². The molecule has 3 atom stereocenters. The van der Waals surface area contributed by atoms with Gasteiger partial charge in [0.15, 0.2) is 0 Å². The van der Waals surface area contributed by atoms with Gasteiger partial charge >= 0.3 is 5.97 Å². The fraction of sp³-hybridized carbons (Fsp3) is 0.421. The van der Waals surface area contributed by atoms with E-state index in [0.717, 1.165) is 12.0 Å². The number of benzene rings is 1. The minimum atomic E-state index is -0.197. The Balaban J connectivity index is 1.77. The third-order valence-electron chi connectivity index (χ3n) is 5.14. The van der Waals surface area contributed by atoms with Crippen molar-refractivity contribution in [1.29, 1.82) is 0 Å². The van der Waals surface area contributed by atoms with Crippen molar-refractivity contribution >= 4 is 34.7 Å². The number of ether oxygens (including phenoxy) is 1. The number of halogens is 2. The molecule has 2 nitrogen and oxygen atoms in total. The highest BCUT2D eigenvalue weighted by molar-refractivity contribution is 6.55. The van der Waals surface area contributed by atoms with Crippen LogP contribution in [0.1, 0.15) is 44.4 Å². The monoisotopic (exact) mass is 350 g/mol. The van der Waals surface area contributed by atoms with Gasteiger partial charge in [0.25, 0.3) is 0 Å². The molecule has 1 saturated carbocycles. The topological polar surface area (TPSA) is 26.3 Å². The Morgan fingerprint density at radius 3 is 2.65 bits per heavy atom. The van der Waals surface area contributed by atoms with Gasteiger partial charge < -0.3 is 4.74 Å². The number of fused-ring (bicyclic) bond motifs is 1. The summed E-state index contributed by atoms with van der Waals surface area (Å²) in [4.78, 5) is 12.6. The number of carbonyl (C=O) groups is 1. The van der Waals surface area contributed by atoms with Crippen LogP contribution in [0.2, 0.25) is 0 Å². The summed E-state index contributed by atoms with van der Waals surface area (Å²) in [5, 5.41) is 0. The molecule has 3 rings (SSSR count). The molecule has 122 valence electrons. The van der Waals surface area contributed by atoms with Gasteiger partial charge in [-0.05, 0) is 35.5 Å². The lowest BCUT2D eigenvalue weighted by Gasteiger charge is -2.13. The third-order valence-corrected chi connectivity index (χ3v) is 5.39. The number of allylic oxidation sites excluding steroid dienone is 2. The summed E-state index contributed by atoms with van der Waals surface area (Å²) in [6.07, 6.45) is 4.38. The van der Waals surface area contributed by atoms with Crippen LogP contribution in [0.3, 0.4) is 0 Å². The Labute approximate surface area is 147 Å². The zero-order valence-corrected chi connectivity index (χ0v) is 15.0. The highest BCUT2D eigenvalue weighted by Crippen LogP contribution is 2.60. The molecule has 0 aromatic heterocycles. The van der Waals surface area contributed by atoms with Gasteiger partial charge in [0.05, 0.1) is 5.92 Å². The molecule has 3 unspecified atom stereocenters. The first-order chi connectivity index (χ1) is 10.9. The fourth-order valence-corrected chi connectivity index (χ4v) is 3.93. The molecule has 4 heteroatoms. The number of esters is 1. The van der Waals surface area contributed by atoms with E-state index in [1.165, 1.54) is 11.1 Å². The second-order valence-corrected chi connectivity index (χ2v) is 7.82. The van der Waals surface area contributed by atoms with Crippen LogP contribution in [0.4, 0.5) is 0 Å². The fourth-order valence-electron chi connectivity index (χ4n) is 3.66. The van der Waals surface area contributed by atoms with Gasteiger partial charge in [-0.1, -0.05) is 67.4 Å². The van der Waals surface area contributed by atoms with Gasteiger partial charge in [0.2, 0.25) is 0 Å². The minimum absolute atomic E-state index is 0.0397. The van der Waals surface area contributed by atoms with Crippen molar-refractivity contribution in [1.82, 2.24) is 0 Å². The number of carbonyl (C=O) groups excluding carboxylic acids is 1. The highest BCUT2D eigenvalue weighted by atomic mass is 35.5. The van der Waals surface area contributed by atoms with Crippen molar-refractivity contribution in [2.75, 3.05) is 0 Å². The third kappa shape index (κ3) is 2.95. The van der Waals surface area contributed by atoms with E-state index >= 15 is 0 Å². The Hall–Kier alpha value is -1.25. The summed E-state index contributed by atoms with van der Waals surface area (Å²) in [5.41, 5.74) is 3.35. The van der Waals surface area contributed by atoms with E-state index in [1.807, 2.05) is 39.0 Å². The van der Waals surface area contributed by atoms with Crippen LogP contribution in [-0.2, 0) is 9.53 Å². The van der Waals surface area contributed by atoms with Crippen LogP contribution in [0.15, 0.2) is 40.9 Å². The van der Waals surface area contributed by atoms with E-state index in [-0.39, 0.29) is 33.8 Å². The van der Waals surface area contributed by atoms with Crippen LogP contribution in [-0.4, -0.2) is 5.97 Å².